The number of benzene rings is 2. The SMILES string of the molecule is Cc1cc(Nc2ncnc3nc(Nc4ccc(S(N)(=O)=O)cc4)sc23)ccc1F. The molecule has 0 saturated carbocycles. The van der Waals surface area contributed by atoms with E-state index >= 15 is 0 Å². The van der Waals surface area contributed by atoms with E-state index in [-0.39, 0.29) is 10.7 Å². The van der Waals surface area contributed by atoms with Gasteiger partial charge in [0.1, 0.15) is 16.8 Å². The highest BCUT2D eigenvalue weighted by Crippen LogP contribution is 2.33. The number of aromatic nitrogens is 3. The molecular weight excluding hydrogens is 415 g/mol. The molecule has 11 heteroatoms. The van der Waals surface area contributed by atoms with Crippen LogP contribution in [0.15, 0.2) is 53.7 Å². The molecule has 0 aliphatic carbocycles. The zero-order chi connectivity index (χ0) is 20.6. The van der Waals surface area contributed by atoms with Gasteiger partial charge in [-0.25, -0.2) is 27.9 Å². The van der Waals surface area contributed by atoms with Gasteiger partial charge in [0.15, 0.2) is 16.6 Å². The van der Waals surface area contributed by atoms with Crippen LogP contribution in [0.1, 0.15) is 5.56 Å². The molecule has 2 aromatic heterocycles. The lowest BCUT2D eigenvalue weighted by Crippen LogP contribution is -2.11. The molecule has 0 fully saturated rings. The highest BCUT2D eigenvalue weighted by molar-refractivity contribution is 7.89. The summed E-state index contributed by atoms with van der Waals surface area (Å²) in [5.74, 6) is 0.275. The minimum atomic E-state index is -3.74. The lowest BCUT2D eigenvalue weighted by molar-refractivity contribution is 0.598. The average molecular weight is 430 g/mol. The predicted octanol–water partition coefficient (Wildman–Crippen LogP) is 3.67. The quantitative estimate of drug-likeness (QED) is 0.441. The first-order chi connectivity index (χ1) is 13.8. The summed E-state index contributed by atoms with van der Waals surface area (Å²) >= 11 is 1.33. The molecule has 2 heterocycles. The van der Waals surface area contributed by atoms with Gasteiger partial charge in [-0.3, -0.25) is 0 Å². The van der Waals surface area contributed by atoms with Gasteiger partial charge in [-0.1, -0.05) is 11.3 Å². The van der Waals surface area contributed by atoms with Crippen LogP contribution in [0.4, 0.5) is 26.7 Å². The molecule has 4 N–H and O–H groups in total. The third-order valence-electron chi connectivity index (χ3n) is 4.05. The molecule has 148 valence electrons. The molecule has 0 amide bonds. The van der Waals surface area contributed by atoms with E-state index < -0.39 is 10.0 Å². The number of nitrogens with one attached hydrogen (secondary N) is 2. The van der Waals surface area contributed by atoms with Crippen molar-refractivity contribution in [1.29, 1.82) is 0 Å². The van der Waals surface area contributed by atoms with Gasteiger partial charge in [0, 0.05) is 11.4 Å². The van der Waals surface area contributed by atoms with E-state index in [1.54, 1.807) is 31.2 Å². The standard InChI is InChI=1S/C18H15FN6O2S2/c1-10-8-12(4-7-14(10)19)23-16-15-17(22-9-21-16)25-18(28-15)24-11-2-5-13(6-3-11)29(20,26)27/h2-9H,1H3,(H2,20,26,27)(H2,21,22,23,24,25). The van der Waals surface area contributed by atoms with Gasteiger partial charge in [-0.05, 0) is 55.0 Å². The Bertz CT molecular complexity index is 1310. The first-order valence-corrected chi connectivity index (χ1v) is 10.7. The lowest BCUT2D eigenvalue weighted by atomic mass is 10.2. The number of halogens is 1. The Morgan fingerprint density at radius 1 is 1.03 bits per heavy atom. The maximum absolute atomic E-state index is 13.5. The molecule has 0 saturated heterocycles. The van der Waals surface area contributed by atoms with Crippen LogP contribution in [0.5, 0.6) is 0 Å². The fourth-order valence-corrected chi connectivity index (χ4v) is 4.01. The summed E-state index contributed by atoms with van der Waals surface area (Å²) in [5, 5.41) is 11.9. The molecular formula is C18H15FN6O2S2. The van der Waals surface area contributed by atoms with Crippen molar-refractivity contribution in [3.8, 4) is 0 Å². The van der Waals surface area contributed by atoms with Crippen LogP contribution in [0.2, 0.25) is 0 Å². The van der Waals surface area contributed by atoms with Crippen LogP contribution in [0, 0.1) is 12.7 Å². The minimum Gasteiger partial charge on any atom is -0.339 e. The topological polar surface area (TPSA) is 123 Å². The molecule has 8 nitrogen and oxygen atoms in total. The average Bonchev–Trinajstić information content (AvgIpc) is 3.08. The molecule has 0 spiro atoms. The number of rotatable bonds is 5. The maximum Gasteiger partial charge on any atom is 0.238 e. The first kappa shape index (κ1) is 19.2. The number of anilines is 4. The molecule has 0 bridgehead atoms. The normalized spacial score (nSPS) is 11.6. The van der Waals surface area contributed by atoms with Crippen LogP contribution in [-0.2, 0) is 10.0 Å². The van der Waals surface area contributed by atoms with E-state index in [4.69, 9.17) is 5.14 Å². The number of primary sulfonamides is 1. The molecule has 29 heavy (non-hydrogen) atoms. The third-order valence-corrected chi connectivity index (χ3v) is 5.94. The van der Waals surface area contributed by atoms with Crippen molar-refractivity contribution in [2.24, 2.45) is 5.14 Å². The van der Waals surface area contributed by atoms with Crippen molar-refractivity contribution in [1.82, 2.24) is 15.0 Å². The molecule has 0 unspecified atom stereocenters. The van der Waals surface area contributed by atoms with Crippen molar-refractivity contribution < 1.29 is 12.8 Å². The van der Waals surface area contributed by atoms with Crippen LogP contribution < -0.4 is 15.8 Å². The fourth-order valence-electron chi connectivity index (χ4n) is 2.61. The summed E-state index contributed by atoms with van der Waals surface area (Å²) in [6, 6.07) is 10.7. The van der Waals surface area contributed by atoms with Crippen molar-refractivity contribution in [3.05, 3.63) is 60.2 Å². The fraction of sp³-hybridized carbons (Fsp3) is 0.0556. The molecule has 0 aliphatic heterocycles. The van der Waals surface area contributed by atoms with Gasteiger partial charge in [-0.15, -0.1) is 0 Å². The van der Waals surface area contributed by atoms with Crippen molar-refractivity contribution in [2.45, 2.75) is 11.8 Å². The van der Waals surface area contributed by atoms with E-state index in [2.05, 4.69) is 25.6 Å². The smallest absolute Gasteiger partial charge is 0.238 e. The van der Waals surface area contributed by atoms with E-state index in [1.807, 2.05) is 0 Å². The number of sulfonamides is 1. The molecule has 2 aromatic carbocycles. The Balaban J connectivity index is 1.61. The number of fused-ring (bicyclic) bond motifs is 1. The van der Waals surface area contributed by atoms with Crippen LogP contribution in [0.3, 0.4) is 0 Å². The van der Waals surface area contributed by atoms with E-state index in [9.17, 15) is 12.8 Å². The lowest BCUT2D eigenvalue weighted by Gasteiger charge is -2.07. The number of nitrogens with zero attached hydrogens (tertiary/aromatic N) is 3. The molecule has 4 aromatic rings. The van der Waals surface area contributed by atoms with E-state index in [0.29, 0.717) is 33.5 Å². The number of hydrogen-bond acceptors (Lipinski definition) is 8. The van der Waals surface area contributed by atoms with Crippen molar-refractivity contribution in [3.63, 3.8) is 0 Å². The van der Waals surface area contributed by atoms with E-state index in [0.717, 1.165) is 4.70 Å². The molecule has 0 radical (unpaired) electrons. The van der Waals surface area contributed by atoms with Gasteiger partial charge in [0.2, 0.25) is 10.0 Å². The summed E-state index contributed by atoms with van der Waals surface area (Å²) in [7, 11) is -3.74. The highest BCUT2D eigenvalue weighted by atomic mass is 32.2. The number of hydrogen-bond donors (Lipinski definition) is 3. The summed E-state index contributed by atoms with van der Waals surface area (Å²) in [5.41, 5.74) is 2.36. The van der Waals surface area contributed by atoms with Gasteiger partial charge in [-0.2, -0.15) is 4.98 Å². The summed E-state index contributed by atoms with van der Waals surface area (Å²) in [6.45, 7) is 1.69. The Morgan fingerprint density at radius 3 is 2.45 bits per heavy atom. The number of thiazole rings is 1. The van der Waals surface area contributed by atoms with Crippen molar-refractivity contribution >= 4 is 54.0 Å². The third kappa shape index (κ3) is 4.16. The summed E-state index contributed by atoms with van der Waals surface area (Å²) < 4.78 is 36.9. The van der Waals surface area contributed by atoms with E-state index in [1.165, 1.54) is 35.9 Å². The molecule has 0 atom stereocenters. The highest BCUT2D eigenvalue weighted by Gasteiger charge is 2.12. The zero-order valence-corrected chi connectivity index (χ0v) is 16.7. The van der Waals surface area contributed by atoms with Crippen LogP contribution in [-0.4, -0.2) is 23.4 Å². The second-order valence-electron chi connectivity index (χ2n) is 6.18. The van der Waals surface area contributed by atoms with Crippen molar-refractivity contribution in [2.75, 3.05) is 10.6 Å². The largest absolute Gasteiger partial charge is 0.339 e. The maximum atomic E-state index is 13.5. The monoisotopic (exact) mass is 430 g/mol. The number of nitrogens with two attached hydrogens (primary N) is 1. The minimum absolute atomic E-state index is 0.0271. The Hall–Kier alpha value is -3.15. The summed E-state index contributed by atoms with van der Waals surface area (Å²) in [6.07, 6.45) is 1.39. The summed E-state index contributed by atoms with van der Waals surface area (Å²) in [4.78, 5) is 12.9. The van der Waals surface area contributed by atoms with Crippen LogP contribution in [0.25, 0.3) is 10.3 Å². The second-order valence-corrected chi connectivity index (χ2v) is 8.74. The number of aryl methyl sites for hydroxylation is 1. The Morgan fingerprint density at radius 2 is 1.76 bits per heavy atom. The van der Waals surface area contributed by atoms with Gasteiger partial charge in [0.25, 0.3) is 0 Å². The first-order valence-electron chi connectivity index (χ1n) is 8.34. The predicted molar refractivity (Wildman–Crippen MR) is 111 cm³/mol. The van der Waals surface area contributed by atoms with Gasteiger partial charge < -0.3 is 10.6 Å². The Kier molecular flexibility index (Phi) is 4.86. The van der Waals surface area contributed by atoms with Gasteiger partial charge in [0.05, 0.1) is 4.90 Å². The zero-order valence-electron chi connectivity index (χ0n) is 15.0. The molecule has 4 rings (SSSR count). The van der Waals surface area contributed by atoms with Gasteiger partial charge >= 0.3 is 0 Å². The molecule has 0 aliphatic rings. The van der Waals surface area contributed by atoms with Crippen LogP contribution >= 0.6 is 11.3 Å². The second kappa shape index (κ2) is 7.35. The Labute approximate surface area is 169 Å².